The van der Waals surface area contributed by atoms with Crippen molar-refractivity contribution in [2.75, 3.05) is 19.7 Å². The fourth-order valence-electron chi connectivity index (χ4n) is 3.63. The van der Waals surface area contributed by atoms with Gasteiger partial charge in [0, 0.05) is 24.9 Å². The van der Waals surface area contributed by atoms with Crippen LogP contribution in [0.4, 0.5) is 0 Å². The van der Waals surface area contributed by atoms with Gasteiger partial charge in [-0.25, -0.2) is 0 Å². The molecule has 1 aliphatic carbocycles. The van der Waals surface area contributed by atoms with Crippen LogP contribution in [0, 0.1) is 5.41 Å². The van der Waals surface area contributed by atoms with Crippen molar-refractivity contribution in [3.8, 4) is 0 Å². The molecule has 0 amide bonds. The summed E-state index contributed by atoms with van der Waals surface area (Å²) in [5, 5.41) is 18.3. The first-order chi connectivity index (χ1) is 10.2. The standard InChI is InChI=1S/C15H25N3O3/c1-3-13-16-17-14(21-13)10-18-7-5-15(6-8-18)11(19)9-12(15)20-4-2/h11-12,19H,3-10H2,1-2H3. The van der Waals surface area contributed by atoms with Gasteiger partial charge in [0.1, 0.15) is 0 Å². The van der Waals surface area contributed by atoms with Crippen molar-refractivity contribution in [1.82, 2.24) is 15.1 Å². The average molecular weight is 295 g/mol. The van der Waals surface area contributed by atoms with Crippen LogP contribution in [-0.2, 0) is 17.7 Å². The van der Waals surface area contributed by atoms with E-state index in [9.17, 15) is 5.11 Å². The summed E-state index contributed by atoms with van der Waals surface area (Å²) in [6.45, 7) is 7.36. The molecule has 6 nitrogen and oxygen atoms in total. The SMILES string of the molecule is CCOC1CC(O)C12CCN(Cc1nnc(CC)o1)CC2. The van der Waals surface area contributed by atoms with Gasteiger partial charge in [-0.15, -0.1) is 10.2 Å². The second-order valence-electron chi connectivity index (χ2n) is 6.15. The third-order valence-corrected chi connectivity index (χ3v) is 5.07. The zero-order valence-corrected chi connectivity index (χ0v) is 12.9. The lowest BCUT2D eigenvalue weighted by Crippen LogP contribution is -2.62. The van der Waals surface area contributed by atoms with Crippen molar-refractivity contribution in [1.29, 1.82) is 0 Å². The minimum Gasteiger partial charge on any atom is -0.424 e. The van der Waals surface area contributed by atoms with Gasteiger partial charge in [0.2, 0.25) is 11.8 Å². The lowest BCUT2D eigenvalue weighted by atomic mass is 9.58. The van der Waals surface area contributed by atoms with Crippen LogP contribution in [0.1, 0.15) is 44.9 Å². The highest BCUT2D eigenvalue weighted by molar-refractivity contribution is 5.06. The van der Waals surface area contributed by atoms with Gasteiger partial charge >= 0.3 is 0 Å². The molecule has 0 aromatic carbocycles. The number of nitrogens with zero attached hydrogens (tertiary/aromatic N) is 3. The molecule has 1 N–H and O–H groups in total. The number of rotatable bonds is 5. The zero-order valence-electron chi connectivity index (χ0n) is 12.9. The fraction of sp³-hybridized carbons (Fsp3) is 0.867. The number of aryl methyl sites for hydroxylation is 1. The molecule has 1 aromatic heterocycles. The second-order valence-corrected chi connectivity index (χ2v) is 6.15. The van der Waals surface area contributed by atoms with Crippen LogP contribution in [0.5, 0.6) is 0 Å². The highest BCUT2D eigenvalue weighted by Gasteiger charge is 2.55. The molecular formula is C15H25N3O3. The van der Waals surface area contributed by atoms with Gasteiger partial charge in [0.25, 0.3) is 0 Å². The molecule has 1 spiro atoms. The number of hydrogen-bond acceptors (Lipinski definition) is 6. The first-order valence-electron chi connectivity index (χ1n) is 8.01. The maximum Gasteiger partial charge on any atom is 0.230 e. The first-order valence-corrected chi connectivity index (χ1v) is 8.01. The molecule has 2 fully saturated rings. The van der Waals surface area contributed by atoms with Crippen LogP contribution in [0.3, 0.4) is 0 Å². The molecule has 0 radical (unpaired) electrons. The van der Waals surface area contributed by atoms with Crippen molar-refractivity contribution in [2.45, 2.75) is 58.3 Å². The van der Waals surface area contributed by atoms with E-state index in [2.05, 4.69) is 15.1 Å². The summed E-state index contributed by atoms with van der Waals surface area (Å²) in [6.07, 6.45) is 3.55. The predicted molar refractivity (Wildman–Crippen MR) is 76.7 cm³/mol. The molecule has 118 valence electrons. The van der Waals surface area contributed by atoms with Gasteiger partial charge in [-0.05, 0) is 32.9 Å². The normalized spacial score (nSPS) is 28.7. The highest BCUT2D eigenvalue weighted by atomic mass is 16.5. The molecule has 2 heterocycles. The van der Waals surface area contributed by atoms with Crippen molar-refractivity contribution in [3.63, 3.8) is 0 Å². The Kier molecular flexibility index (Phi) is 4.28. The van der Waals surface area contributed by atoms with Gasteiger partial charge in [-0.2, -0.15) is 0 Å². The Hall–Kier alpha value is -0.980. The van der Waals surface area contributed by atoms with E-state index in [1.54, 1.807) is 0 Å². The molecule has 1 saturated carbocycles. The van der Waals surface area contributed by atoms with Crippen LogP contribution in [-0.4, -0.2) is 52.1 Å². The minimum absolute atomic E-state index is 0.0179. The number of aromatic nitrogens is 2. The molecule has 21 heavy (non-hydrogen) atoms. The summed E-state index contributed by atoms with van der Waals surface area (Å²) in [4.78, 5) is 2.33. The van der Waals surface area contributed by atoms with Gasteiger partial charge in [0.05, 0.1) is 18.8 Å². The third-order valence-electron chi connectivity index (χ3n) is 5.07. The molecule has 1 aliphatic heterocycles. The number of hydrogen-bond donors (Lipinski definition) is 1. The Morgan fingerprint density at radius 1 is 1.29 bits per heavy atom. The summed E-state index contributed by atoms with van der Waals surface area (Å²) in [5.74, 6) is 1.39. The summed E-state index contributed by atoms with van der Waals surface area (Å²) >= 11 is 0. The van der Waals surface area contributed by atoms with Crippen molar-refractivity contribution in [3.05, 3.63) is 11.8 Å². The molecule has 2 aliphatic rings. The van der Waals surface area contributed by atoms with Gasteiger partial charge in [0.15, 0.2) is 0 Å². The molecule has 6 heteroatoms. The molecule has 2 atom stereocenters. The van der Waals surface area contributed by atoms with Crippen molar-refractivity contribution >= 4 is 0 Å². The molecule has 3 rings (SSSR count). The van der Waals surface area contributed by atoms with Crippen LogP contribution < -0.4 is 0 Å². The zero-order chi connectivity index (χ0) is 14.9. The minimum atomic E-state index is -0.203. The van der Waals surface area contributed by atoms with Crippen LogP contribution in [0.2, 0.25) is 0 Å². The van der Waals surface area contributed by atoms with Crippen LogP contribution >= 0.6 is 0 Å². The summed E-state index contributed by atoms with van der Waals surface area (Å²) in [6, 6.07) is 0. The molecule has 2 unspecified atom stereocenters. The van der Waals surface area contributed by atoms with Gasteiger partial charge in [-0.1, -0.05) is 6.92 Å². The monoisotopic (exact) mass is 295 g/mol. The maximum atomic E-state index is 10.2. The van der Waals surface area contributed by atoms with E-state index in [1.165, 1.54) is 0 Å². The summed E-state index contributed by atoms with van der Waals surface area (Å²) in [5.41, 5.74) is -0.0179. The second kappa shape index (κ2) is 6.02. The van der Waals surface area contributed by atoms with E-state index in [1.807, 2.05) is 13.8 Å². The van der Waals surface area contributed by atoms with Crippen LogP contribution in [0.15, 0.2) is 4.42 Å². The Balaban J connectivity index is 1.55. The fourth-order valence-corrected chi connectivity index (χ4v) is 3.63. The van der Waals surface area contributed by atoms with E-state index < -0.39 is 0 Å². The van der Waals surface area contributed by atoms with E-state index in [0.717, 1.165) is 45.4 Å². The predicted octanol–water partition coefficient (Wildman–Crippen LogP) is 1.38. The molecule has 1 aromatic rings. The Morgan fingerprint density at radius 2 is 2.00 bits per heavy atom. The average Bonchev–Trinajstić information content (AvgIpc) is 2.95. The Bertz CT molecular complexity index is 466. The topological polar surface area (TPSA) is 71.6 Å². The van der Waals surface area contributed by atoms with Gasteiger partial charge < -0.3 is 14.3 Å². The molecule has 1 saturated heterocycles. The number of piperidine rings is 1. The Labute approximate surface area is 125 Å². The largest absolute Gasteiger partial charge is 0.424 e. The number of ether oxygens (including phenoxy) is 1. The molecule has 0 bridgehead atoms. The Morgan fingerprint density at radius 3 is 2.57 bits per heavy atom. The number of likely N-dealkylation sites (tertiary alicyclic amines) is 1. The third kappa shape index (κ3) is 2.72. The quantitative estimate of drug-likeness (QED) is 0.885. The van der Waals surface area contributed by atoms with E-state index >= 15 is 0 Å². The lowest BCUT2D eigenvalue weighted by molar-refractivity contribution is -0.210. The van der Waals surface area contributed by atoms with Crippen molar-refractivity contribution in [2.24, 2.45) is 5.41 Å². The van der Waals surface area contributed by atoms with Crippen LogP contribution in [0.25, 0.3) is 0 Å². The van der Waals surface area contributed by atoms with Crippen molar-refractivity contribution < 1.29 is 14.3 Å². The summed E-state index contributed by atoms with van der Waals surface area (Å²) < 4.78 is 11.4. The lowest BCUT2D eigenvalue weighted by Gasteiger charge is -2.56. The molecular weight excluding hydrogens is 270 g/mol. The van der Waals surface area contributed by atoms with E-state index in [0.29, 0.717) is 18.3 Å². The smallest absolute Gasteiger partial charge is 0.230 e. The van der Waals surface area contributed by atoms with E-state index in [-0.39, 0.29) is 17.6 Å². The maximum absolute atomic E-state index is 10.2. The number of aliphatic hydroxyl groups is 1. The van der Waals surface area contributed by atoms with Gasteiger partial charge in [-0.3, -0.25) is 4.90 Å². The van der Waals surface area contributed by atoms with E-state index in [4.69, 9.17) is 9.15 Å². The summed E-state index contributed by atoms with van der Waals surface area (Å²) in [7, 11) is 0. The number of aliphatic hydroxyl groups excluding tert-OH is 1. The highest BCUT2D eigenvalue weighted by Crippen LogP contribution is 2.51. The first kappa shape index (κ1) is 14.9.